The Morgan fingerprint density at radius 2 is 1.81 bits per heavy atom. The number of rotatable bonds is 8. The molecule has 0 aliphatic carbocycles. The van der Waals surface area contributed by atoms with Crippen molar-refractivity contribution in [3.05, 3.63) is 88.2 Å². The molecule has 1 heterocycles. The minimum absolute atomic E-state index is 0.0508. The van der Waals surface area contributed by atoms with Gasteiger partial charge in [-0.25, -0.2) is 9.40 Å². The SMILES string of the molecule is CCOc1cc(/C=C2/C(=O)NN(c3ccccc3)C2=O)c(Br)cc1OCC(=O)Nc1cccc(F)c1. The summed E-state index contributed by atoms with van der Waals surface area (Å²) >= 11 is 3.43. The Morgan fingerprint density at radius 1 is 1.06 bits per heavy atom. The molecule has 0 spiro atoms. The highest BCUT2D eigenvalue weighted by atomic mass is 79.9. The molecule has 1 fully saturated rings. The van der Waals surface area contributed by atoms with Crippen LogP contribution >= 0.6 is 15.9 Å². The number of hydrogen-bond acceptors (Lipinski definition) is 5. The molecule has 36 heavy (non-hydrogen) atoms. The lowest BCUT2D eigenvalue weighted by molar-refractivity contribution is -0.118. The van der Waals surface area contributed by atoms with E-state index in [-0.39, 0.29) is 17.9 Å². The van der Waals surface area contributed by atoms with Gasteiger partial charge in [0.15, 0.2) is 18.1 Å². The summed E-state index contributed by atoms with van der Waals surface area (Å²) in [5.74, 6) is -1.40. The molecule has 2 N–H and O–H groups in total. The van der Waals surface area contributed by atoms with Crippen LogP contribution in [-0.4, -0.2) is 30.9 Å². The van der Waals surface area contributed by atoms with E-state index in [0.717, 1.165) is 0 Å². The molecule has 0 aromatic heterocycles. The molecule has 0 radical (unpaired) electrons. The highest BCUT2D eigenvalue weighted by molar-refractivity contribution is 9.10. The molecule has 10 heteroatoms. The van der Waals surface area contributed by atoms with Crippen molar-refractivity contribution in [1.82, 2.24) is 5.43 Å². The molecule has 0 saturated carbocycles. The van der Waals surface area contributed by atoms with Crippen LogP contribution in [0.2, 0.25) is 0 Å². The average molecular weight is 554 g/mol. The third-order valence-corrected chi connectivity index (χ3v) is 5.72. The first-order valence-corrected chi connectivity index (χ1v) is 11.7. The quantitative estimate of drug-likeness (QED) is 0.317. The van der Waals surface area contributed by atoms with Gasteiger partial charge in [0, 0.05) is 10.2 Å². The Kier molecular flexibility index (Phi) is 7.65. The van der Waals surface area contributed by atoms with E-state index in [1.54, 1.807) is 49.4 Å². The Bertz CT molecular complexity index is 1350. The number of amides is 3. The van der Waals surface area contributed by atoms with Gasteiger partial charge in [-0.1, -0.05) is 40.2 Å². The first-order valence-electron chi connectivity index (χ1n) is 10.9. The van der Waals surface area contributed by atoms with Crippen molar-refractivity contribution in [3.8, 4) is 11.5 Å². The summed E-state index contributed by atoms with van der Waals surface area (Å²) < 4.78 is 25.1. The minimum Gasteiger partial charge on any atom is -0.490 e. The van der Waals surface area contributed by atoms with Crippen molar-refractivity contribution in [2.75, 3.05) is 23.5 Å². The van der Waals surface area contributed by atoms with Crippen LogP contribution < -0.4 is 25.2 Å². The number of nitrogens with one attached hydrogen (secondary N) is 2. The van der Waals surface area contributed by atoms with Crippen LogP contribution in [0.25, 0.3) is 6.08 Å². The monoisotopic (exact) mass is 553 g/mol. The number of anilines is 2. The van der Waals surface area contributed by atoms with E-state index < -0.39 is 23.5 Å². The second-order valence-corrected chi connectivity index (χ2v) is 8.43. The van der Waals surface area contributed by atoms with Gasteiger partial charge >= 0.3 is 0 Å². The fraction of sp³-hybridized carbons (Fsp3) is 0.115. The topological polar surface area (TPSA) is 97.0 Å². The van der Waals surface area contributed by atoms with Crippen LogP contribution in [0.3, 0.4) is 0 Å². The van der Waals surface area contributed by atoms with Crippen molar-refractivity contribution in [3.63, 3.8) is 0 Å². The number of halogens is 2. The molecular weight excluding hydrogens is 533 g/mol. The Balaban J connectivity index is 1.53. The summed E-state index contributed by atoms with van der Waals surface area (Å²) in [6.07, 6.45) is 1.45. The maximum atomic E-state index is 13.3. The van der Waals surface area contributed by atoms with E-state index in [2.05, 4.69) is 26.7 Å². The van der Waals surface area contributed by atoms with Gasteiger partial charge < -0.3 is 14.8 Å². The molecule has 0 atom stereocenters. The predicted molar refractivity (Wildman–Crippen MR) is 136 cm³/mol. The Hall–Kier alpha value is -4.18. The molecule has 3 aromatic rings. The highest BCUT2D eigenvalue weighted by Crippen LogP contribution is 2.35. The van der Waals surface area contributed by atoms with E-state index in [1.165, 1.54) is 29.3 Å². The van der Waals surface area contributed by atoms with Crippen molar-refractivity contribution >= 4 is 51.1 Å². The van der Waals surface area contributed by atoms with Gasteiger partial charge in [-0.2, -0.15) is 0 Å². The zero-order valence-electron chi connectivity index (χ0n) is 19.1. The number of carbonyl (C=O) groups is 3. The van der Waals surface area contributed by atoms with Crippen LogP contribution in [0.5, 0.6) is 11.5 Å². The standard InChI is InChI=1S/C26H21BrFN3O5/c1-2-35-22-12-16(11-20-25(33)30-31(26(20)34)19-9-4-3-5-10-19)21(27)14-23(22)36-15-24(32)29-18-8-6-7-17(28)13-18/h3-14H,2,15H2,1H3,(H,29,32)(H,30,33)/b20-11-. The first-order chi connectivity index (χ1) is 17.4. The fourth-order valence-electron chi connectivity index (χ4n) is 3.42. The fourth-order valence-corrected chi connectivity index (χ4v) is 3.86. The number of hydrazine groups is 1. The van der Waals surface area contributed by atoms with Gasteiger partial charge in [0.1, 0.15) is 11.4 Å². The summed E-state index contributed by atoms with van der Waals surface area (Å²) in [6.45, 7) is 1.74. The van der Waals surface area contributed by atoms with E-state index in [1.807, 2.05) is 6.07 Å². The number of ether oxygens (including phenoxy) is 2. The van der Waals surface area contributed by atoms with Crippen LogP contribution in [0.15, 0.2) is 76.8 Å². The number of benzene rings is 3. The van der Waals surface area contributed by atoms with Crippen molar-refractivity contribution in [2.24, 2.45) is 0 Å². The lowest BCUT2D eigenvalue weighted by Gasteiger charge is -2.14. The van der Waals surface area contributed by atoms with Crippen molar-refractivity contribution in [2.45, 2.75) is 6.92 Å². The molecule has 1 aliphatic rings. The maximum Gasteiger partial charge on any atom is 0.282 e. The normalized spacial score (nSPS) is 14.1. The minimum atomic E-state index is -0.539. The number of carbonyl (C=O) groups excluding carboxylic acids is 3. The molecule has 3 aromatic carbocycles. The van der Waals surface area contributed by atoms with E-state index in [4.69, 9.17) is 9.47 Å². The summed E-state index contributed by atoms with van der Waals surface area (Å²) in [5.41, 5.74) is 3.85. The maximum absolute atomic E-state index is 13.3. The molecule has 1 saturated heterocycles. The molecule has 8 nitrogen and oxygen atoms in total. The van der Waals surface area contributed by atoms with Crippen LogP contribution in [0, 0.1) is 5.82 Å². The molecule has 0 bridgehead atoms. The van der Waals surface area contributed by atoms with Gasteiger partial charge in [-0.3, -0.25) is 19.8 Å². The Labute approximate surface area is 214 Å². The number of para-hydroxylation sites is 1. The second kappa shape index (κ2) is 11.0. The summed E-state index contributed by atoms with van der Waals surface area (Å²) in [6, 6.07) is 17.5. The van der Waals surface area contributed by atoms with E-state index in [9.17, 15) is 18.8 Å². The Morgan fingerprint density at radius 3 is 2.53 bits per heavy atom. The average Bonchev–Trinajstić information content (AvgIpc) is 3.14. The van der Waals surface area contributed by atoms with E-state index >= 15 is 0 Å². The van der Waals surface area contributed by atoms with Crippen LogP contribution in [-0.2, 0) is 14.4 Å². The second-order valence-electron chi connectivity index (χ2n) is 7.58. The van der Waals surface area contributed by atoms with Crippen molar-refractivity contribution < 1.29 is 28.2 Å². The molecule has 3 amide bonds. The highest BCUT2D eigenvalue weighted by Gasteiger charge is 2.34. The van der Waals surface area contributed by atoms with Gasteiger partial charge in [0.2, 0.25) is 0 Å². The zero-order chi connectivity index (χ0) is 25.7. The molecular formula is C26H21BrFN3O5. The molecule has 4 rings (SSSR count). The van der Waals surface area contributed by atoms with Gasteiger partial charge in [-0.05, 0) is 61.0 Å². The third-order valence-electron chi connectivity index (χ3n) is 5.04. The third kappa shape index (κ3) is 5.72. The van der Waals surface area contributed by atoms with Gasteiger partial charge in [0.05, 0.1) is 12.3 Å². The lowest BCUT2D eigenvalue weighted by Crippen LogP contribution is -2.35. The number of hydrogen-bond donors (Lipinski definition) is 2. The molecule has 0 unspecified atom stereocenters. The summed E-state index contributed by atoms with van der Waals surface area (Å²) in [7, 11) is 0. The zero-order valence-corrected chi connectivity index (χ0v) is 20.7. The van der Waals surface area contributed by atoms with Crippen molar-refractivity contribution in [1.29, 1.82) is 0 Å². The van der Waals surface area contributed by atoms with Crippen LogP contribution in [0.4, 0.5) is 15.8 Å². The predicted octanol–water partition coefficient (Wildman–Crippen LogP) is 4.47. The lowest BCUT2D eigenvalue weighted by atomic mass is 10.1. The molecule has 1 aliphatic heterocycles. The summed E-state index contributed by atoms with van der Waals surface area (Å²) in [4.78, 5) is 37.7. The molecule has 184 valence electrons. The largest absolute Gasteiger partial charge is 0.490 e. The number of nitrogens with zero attached hydrogens (tertiary/aromatic N) is 1. The van der Waals surface area contributed by atoms with Crippen LogP contribution in [0.1, 0.15) is 12.5 Å². The van der Waals surface area contributed by atoms with Gasteiger partial charge in [-0.15, -0.1) is 0 Å². The summed E-state index contributed by atoms with van der Waals surface area (Å²) in [5, 5.41) is 3.73. The smallest absolute Gasteiger partial charge is 0.282 e. The van der Waals surface area contributed by atoms with E-state index in [0.29, 0.717) is 33.8 Å². The van der Waals surface area contributed by atoms with Gasteiger partial charge in [0.25, 0.3) is 17.7 Å². The first kappa shape index (κ1) is 24.9.